The summed E-state index contributed by atoms with van der Waals surface area (Å²) in [6.45, 7) is 9.04. The van der Waals surface area contributed by atoms with Gasteiger partial charge in [0, 0.05) is 19.0 Å². The molecule has 4 nitrogen and oxygen atoms in total. The summed E-state index contributed by atoms with van der Waals surface area (Å²) in [4.78, 5) is 26.5. The highest BCUT2D eigenvalue weighted by atomic mass is 16.2. The van der Waals surface area contributed by atoms with Crippen molar-refractivity contribution in [2.45, 2.75) is 78.3 Å². The molecule has 0 aromatic carbocycles. The van der Waals surface area contributed by atoms with Gasteiger partial charge in [0.25, 0.3) is 0 Å². The summed E-state index contributed by atoms with van der Waals surface area (Å²) in [6, 6.07) is -0.332. The van der Waals surface area contributed by atoms with E-state index in [1.807, 2.05) is 18.7 Å². The van der Waals surface area contributed by atoms with E-state index < -0.39 is 0 Å². The lowest BCUT2D eigenvalue weighted by Crippen LogP contribution is -2.49. The van der Waals surface area contributed by atoms with Crippen molar-refractivity contribution in [2.24, 2.45) is 5.92 Å². The average Bonchev–Trinajstić information content (AvgIpc) is 2.52. The normalized spacial score (nSPS) is 25.3. The van der Waals surface area contributed by atoms with Crippen LogP contribution in [0.1, 0.15) is 66.2 Å². The van der Waals surface area contributed by atoms with Gasteiger partial charge >= 0.3 is 0 Å². The van der Waals surface area contributed by atoms with Crippen LogP contribution < -0.4 is 5.32 Å². The maximum Gasteiger partial charge on any atom is 0.245 e. The molecule has 1 heterocycles. The van der Waals surface area contributed by atoms with Crippen LogP contribution >= 0.6 is 0 Å². The number of nitrogens with zero attached hydrogens (tertiary/aromatic N) is 1. The quantitative estimate of drug-likeness (QED) is 0.730. The molecule has 1 aliphatic heterocycles. The van der Waals surface area contributed by atoms with Crippen LogP contribution in [0.2, 0.25) is 0 Å². The zero-order valence-electron chi connectivity index (χ0n) is 13.4. The van der Waals surface area contributed by atoms with Crippen LogP contribution in [0.15, 0.2) is 0 Å². The molecule has 1 N–H and O–H groups in total. The number of hydrogen-bond donors (Lipinski definition) is 1. The summed E-state index contributed by atoms with van der Waals surface area (Å²) in [5.41, 5.74) is 0. The molecule has 3 atom stereocenters. The predicted octanol–water partition coefficient (Wildman–Crippen LogP) is 2.72. The molecule has 1 aliphatic rings. The van der Waals surface area contributed by atoms with E-state index >= 15 is 0 Å². The second-order valence-corrected chi connectivity index (χ2v) is 6.08. The molecule has 0 aromatic heterocycles. The molecule has 1 rings (SSSR count). The first-order chi connectivity index (χ1) is 9.51. The van der Waals surface area contributed by atoms with Crippen molar-refractivity contribution < 1.29 is 9.59 Å². The summed E-state index contributed by atoms with van der Waals surface area (Å²) in [7, 11) is 0. The second kappa shape index (κ2) is 8.28. The standard InChI is InChI=1S/C16H30N2O2/c1-5-7-8-9-10-18-13(4)11-14(19)17-15(16(18)20)12(3)6-2/h12-13,15H,5-11H2,1-4H3,(H,17,19). The van der Waals surface area contributed by atoms with Gasteiger partial charge in [-0.1, -0.05) is 46.5 Å². The molecule has 2 amide bonds. The van der Waals surface area contributed by atoms with Crippen LogP contribution in [0.3, 0.4) is 0 Å². The number of carbonyl (C=O) groups excluding carboxylic acids is 2. The number of nitrogens with one attached hydrogen (secondary N) is 1. The summed E-state index contributed by atoms with van der Waals surface area (Å²) in [5.74, 6) is 0.302. The number of hydrogen-bond acceptors (Lipinski definition) is 2. The van der Waals surface area contributed by atoms with E-state index in [9.17, 15) is 9.59 Å². The molecule has 1 saturated heterocycles. The van der Waals surface area contributed by atoms with E-state index in [1.165, 1.54) is 12.8 Å². The van der Waals surface area contributed by atoms with E-state index in [-0.39, 0.29) is 29.8 Å². The number of amides is 2. The largest absolute Gasteiger partial charge is 0.344 e. The molecular weight excluding hydrogens is 252 g/mol. The Labute approximate surface area is 123 Å². The molecule has 0 aromatic rings. The molecule has 4 heteroatoms. The minimum atomic E-state index is -0.344. The summed E-state index contributed by atoms with van der Waals surface area (Å²) >= 11 is 0. The van der Waals surface area contributed by atoms with Gasteiger partial charge in [-0.2, -0.15) is 0 Å². The van der Waals surface area contributed by atoms with E-state index in [1.54, 1.807) is 0 Å². The van der Waals surface area contributed by atoms with Crippen molar-refractivity contribution in [3.8, 4) is 0 Å². The Kier molecular flexibility index (Phi) is 7.03. The van der Waals surface area contributed by atoms with Crippen LogP contribution in [0, 0.1) is 5.92 Å². The molecule has 0 spiro atoms. The first-order valence-electron chi connectivity index (χ1n) is 8.11. The van der Waals surface area contributed by atoms with Crippen LogP contribution in [0.4, 0.5) is 0 Å². The molecule has 1 fully saturated rings. The Morgan fingerprint density at radius 3 is 2.55 bits per heavy atom. The lowest BCUT2D eigenvalue weighted by molar-refractivity contribution is -0.136. The van der Waals surface area contributed by atoms with Crippen molar-refractivity contribution in [1.29, 1.82) is 0 Å². The number of unbranched alkanes of at least 4 members (excludes halogenated alkanes) is 3. The van der Waals surface area contributed by atoms with Gasteiger partial charge in [0.2, 0.25) is 11.8 Å². The minimum absolute atomic E-state index is 0.00667. The third-order valence-electron chi connectivity index (χ3n) is 4.34. The van der Waals surface area contributed by atoms with E-state index in [0.717, 1.165) is 25.8 Å². The van der Waals surface area contributed by atoms with Gasteiger partial charge in [-0.05, 0) is 19.3 Å². The zero-order valence-corrected chi connectivity index (χ0v) is 13.4. The van der Waals surface area contributed by atoms with E-state index in [2.05, 4.69) is 19.2 Å². The van der Waals surface area contributed by atoms with Gasteiger partial charge in [-0.3, -0.25) is 9.59 Å². The van der Waals surface area contributed by atoms with Crippen LogP contribution in [0.25, 0.3) is 0 Å². The van der Waals surface area contributed by atoms with Crippen molar-refractivity contribution >= 4 is 11.8 Å². The molecule has 20 heavy (non-hydrogen) atoms. The fourth-order valence-corrected chi connectivity index (χ4v) is 2.73. The number of carbonyl (C=O) groups is 2. The summed E-state index contributed by atoms with van der Waals surface area (Å²) in [5, 5.41) is 2.91. The highest BCUT2D eigenvalue weighted by Gasteiger charge is 2.35. The van der Waals surface area contributed by atoms with Gasteiger partial charge in [-0.15, -0.1) is 0 Å². The second-order valence-electron chi connectivity index (χ2n) is 6.08. The monoisotopic (exact) mass is 282 g/mol. The Balaban J connectivity index is 2.72. The third-order valence-corrected chi connectivity index (χ3v) is 4.34. The van der Waals surface area contributed by atoms with Crippen LogP contribution in [-0.4, -0.2) is 35.3 Å². The summed E-state index contributed by atoms with van der Waals surface area (Å²) in [6.07, 6.45) is 5.91. The molecule has 0 bridgehead atoms. The Morgan fingerprint density at radius 2 is 1.95 bits per heavy atom. The molecule has 0 aliphatic carbocycles. The van der Waals surface area contributed by atoms with Gasteiger partial charge in [0.05, 0.1) is 0 Å². The van der Waals surface area contributed by atoms with Gasteiger partial charge in [-0.25, -0.2) is 0 Å². The minimum Gasteiger partial charge on any atom is -0.344 e. The Bertz CT molecular complexity index is 330. The SMILES string of the molecule is CCCCCCN1C(=O)C(C(C)CC)NC(=O)CC1C. The first-order valence-corrected chi connectivity index (χ1v) is 8.11. The van der Waals surface area contributed by atoms with Crippen molar-refractivity contribution in [3.63, 3.8) is 0 Å². The smallest absolute Gasteiger partial charge is 0.245 e. The van der Waals surface area contributed by atoms with Crippen LogP contribution in [0.5, 0.6) is 0 Å². The highest BCUT2D eigenvalue weighted by molar-refractivity contribution is 5.90. The number of rotatable bonds is 7. The maximum absolute atomic E-state index is 12.7. The van der Waals surface area contributed by atoms with E-state index in [4.69, 9.17) is 0 Å². The van der Waals surface area contributed by atoms with E-state index in [0.29, 0.717) is 6.42 Å². The van der Waals surface area contributed by atoms with Gasteiger partial charge in [0.15, 0.2) is 0 Å². The molecule has 0 saturated carbocycles. The first kappa shape index (κ1) is 17.0. The maximum atomic E-state index is 12.7. The van der Waals surface area contributed by atoms with Crippen molar-refractivity contribution in [2.75, 3.05) is 6.54 Å². The Hall–Kier alpha value is -1.06. The van der Waals surface area contributed by atoms with Crippen molar-refractivity contribution in [1.82, 2.24) is 10.2 Å². The van der Waals surface area contributed by atoms with Gasteiger partial charge < -0.3 is 10.2 Å². The lowest BCUT2D eigenvalue weighted by atomic mass is 9.98. The predicted molar refractivity (Wildman–Crippen MR) is 81.3 cm³/mol. The highest BCUT2D eigenvalue weighted by Crippen LogP contribution is 2.18. The Morgan fingerprint density at radius 1 is 1.25 bits per heavy atom. The fraction of sp³-hybridized carbons (Fsp3) is 0.875. The molecule has 3 unspecified atom stereocenters. The molecule has 116 valence electrons. The molecular formula is C16H30N2O2. The topological polar surface area (TPSA) is 49.4 Å². The van der Waals surface area contributed by atoms with Crippen molar-refractivity contribution in [3.05, 3.63) is 0 Å². The van der Waals surface area contributed by atoms with Crippen LogP contribution in [-0.2, 0) is 9.59 Å². The average molecular weight is 282 g/mol. The summed E-state index contributed by atoms with van der Waals surface area (Å²) < 4.78 is 0. The molecule has 0 radical (unpaired) electrons. The zero-order chi connectivity index (χ0) is 15.1. The lowest BCUT2D eigenvalue weighted by Gasteiger charge is -2.30. The fourth-order valence-electron chi connectivity index (χ4n) is 2.73. The third kappa shape index (κ3) is 4.50. The van der Waals surface area contributed by atoms with Gasteiger partial charge in [0.1, 0.15) is 6.04 Å².